The molecule has 6 nitrogen and oxygen atoms in total. The quantitative estimate of drug-likeness (QED) is 0.545. The molecule has 0 aliphatic carbocycles. The lowest BCUT2D eigenvalue weighted by Gasteiger charge is -2.14. The van der Waals surface area contributed by atoms with Gasteiger partial charge in [0.15, 0.2) is 0 Å². The highest BCUT2D eigenvalue weighted by molar-refractivity contribution is 6.05. The number of benzene rings is 3. The van der Waals surface area contributed by atoms with Crippen molar-refractivity contribution in [2.75, 3.05) is 26.1 Å². The van der Waals surface area contributed by atoms with Crippen molar-refractivity contribution < 1.29 is 23.7 Å². The topological polar surface area (TPSA) is 66.0 Å². The van der Waals surface area contributed by atoms with Crippen molar-refractivity contribution in [2.24, 2.45) is 0 Å². The minimum absolute atomic E-state index is 0.240. The molecule has 0 bridgehead atoms. The maximum atomic E-state index is 12.8. The SMILES string of the molecule is CCOc1ccccc1NC(=O)c1ccc(OC)c(COc2ccc(OC)cc2)c1. The Bertz CT molecular complexity index is 985. The second-order valence-corrected chi connectivity index (χ2v) is 6.37. The molecule has 1 N–H and O–H groups in total. The van der Waals surface area contributed by atoms with Crippen LogP contribution in [0.5, 0.6) is 23.0 Å². The molecule has 0 atom stereocenters. The minimum atomic E-state index is -0.240. The van der Waals surface area contributed by atoms with Crippen molar-refractivity contribution in [2.45, 2.75) is 13.5 Å². The normalized spacial score (nSPS) is 10.2. The van der Waals surface area contributed by atoms with Gasteiger partial charge in [-0.3, -0.25) is 4.79 Å². The molecule has 3 aromatic rings. The Kier molecular flexibility index (Phi) is 7.16. The van der Waals surface area contributed by atoms with E-state index in [-0.39, 0.29) is 12.5 Å². The van der Waals surface area contributed by atoms with Gasteiger partial charge in [-0.2, -0.15) is 0 Å². The number of hydrogen-bond donors (Lipinski definition) is 1. The van der Waals surface area contributed by atoms with E-state index in [1.54, 1.807) is 38.5 Å². The van der Waals surface area contributed by atoms with Crippen LogP contribution < -0.4 is 24.3 Å². The van der Waals surface area contributed by atoms with Gasteiger partial charge in [-0.1, -0.05) is 12.1 Å². The second-order valence-electron chi connectivity index (χ2n) is 6.37. The van der Waals surface area contributed by atoms with E-state index in [0.29, 0.717) is 35.1 Å². The van der Waals surface area contributed by atoms with Gasteiger partial charge >= 0.3 is 0 Å². The van der Waals surface area contributed by atoms with Gasteiger partial charge < -0.3 is 24.3 Å². The van der Waals surface area contributed by atoms with Crippen molar-refractivity contribution in [3.05, 3.63) is 77.9 Å². The number of rotatable bonds is 9. The van der Waals surface area contributed by atoms with Crippen LogP contribution in [0.25, 0.3) is 0 Å². The minimum Gasteiger partial charge on any atom is -0.497 e. The first kappa shape index (κ1) is 21.0. The van der Waals surface area contributed by atoms with Crippen LogP contribution >= 0.6 is 0 Å². The Morgan fingerprint density at radius 3 is 2.27 bits per heavy atom. The molecule has 0 aromatic heterocycles. The van der Waals surface area contributed by atoms with E-state index in [2.05, 4.69) is 5.32 Å². The fourth-order valence-corrected chi connectivity index (χ4v) is 2.91. The van der Waals surface area contributed by atoms with Crippen molar-refractivity contribution in [3.63, 3.8) is 0 Å². The first-order valence-electron chi connectivity index (χ1n) is 9.61. The van der Waals surface area contributed by atoms with Gasteiger partial charge in [0.25, 0.3) is 5.91 Å². The van der Waals surface area contributed by atoms with Gasteiger partial charge in [-0.05, 0) is 61.5 Å². The summed E-state index contributed by atoms with van der Waals surface area (Å²) < 4.78 is 22.0. The molecule has 0 unspecified atom stereocenters. The molecule has 0 aliphatic rings. The fraction of sp³-hybridized carbons (Fsp3) is 0.208. The van der Waals surface area contributed by atoms with Gasteiger partial charge in [-0.15, -0.1) is 0 Å². The molecule has 0 heterocycles. The smallest absolute Gasteiger partial charge is 0.255 e. The maximum Gasteiger partial charge on any atom is 0.255 e. The molecular weight excluding hydrogens is 382 g/mol. The molecule has 0 saturated carbocycles. The summed E-state index contributed by atoms with van der Waals surface area (Å²) in [5, 5.41) is 2.90. The van der Waals surface area contributed by atoms with E-state index in [9.17, 15) is 4.79 Å². The first-order valence-corrected chi connectivity index (χ1v) is 9.61. The lowest BCUT2D eigenvalue weighted by atomic mass is 10.1. The highest BCUT2D eigenvalue weighted by atomic mass is 16.5. The average molecular weight is 407 g/mol. The average Bonchev–Trinajstić information content (AvgIpc) is 2.79. The van der Waals surface area contributed by atoms with Crippen molar-refractivity contribution in [3.8, 4) is 23.0 Å². The monoisotopic (exact) mass is 407 g/mol. The molecule has 0 aliphatic heterocycles. The largest absolute Gasteiger partial charge is 0.497 e. The van der Waals surface area contributed by atoms with Crippen LogP contribution in [0, 0.1) is 0 Å². The Balaban J connectivity index is 1.75. The third kappa shape index (κ3) is 5.23. The fourth-order valence-electron chi connectivity index (χ4n) is 2.91. The van der Waals surface area contributed by atoms with E-state index >= 15 is 0 Å². The van der Waals surface area contributed by atoms with Crippen LogP contribution in [0.4, 0.5) is 5.69 Å². The van der Waals surface area contributed by atoms with Gasteiger partial charge in [-0.25, -0.2) is 0 Å². The molecule has 0 spiro atoms. The third-order valence-corrected chi connectivity index (χ3v) is 4.43. The molecular formula is C24H25NO5. The molecule has 0 fully saturated rings. The Morgan fingerprint density at radius 1 is 0.833 bits per heavy atom. The van der Waals surface area contributed by atoms with Crippen molar-refractivity contribution in [1.29, 1.82) is 0 Å². The van der Waals surface area contributed by atoms with Crippen molar-refractivity contribution in [1.82, 2.24) is 0 Å². The first-order chi connectivity index (χ1) is 14.6. The number of hydrogen-bond acceptors (Lipinski definition) is 5. The van der Waals surface area contributed by atoms with Crippen LogP contribution in [0.3, 0.4) is 0 Å². The summed E-state index contributed by atoms with van der Waals surface area (Å²) in [7, 11) is 3.20. The number of para-hydroxylation sites is 2. The Morgan fingerprint density at radius 2 is 1.57 bits per heavy atom. The number of nitrogens with one attached hydrogen (secondary N) is 1. The molecule has 3 rings (SSSR count). The van der Waals surface area contributed by atoms with Crippen LogP contribution in [-0.2, 0) is 6.61 Å². The number of carbonyl (C=O) groups is 1. The van der Waals surface area contributed by atoms with E-state index in [1.807, 2.05) is 49.4 Å². The summed E-state index contributed by atoms with van der Waals surface area (Å²) in [5.41, 5.74) is 1.88. The van der Waals surface area contributed by atoms with E-state index < -0.39 is 0 Å². The molecule has 30 heavy (non-hydrogen) atoms. The summed E-state index contributed by atoms with van der Waals surface area (Å²) >= 11 is 0. The zero-order chi connectivity index (χ0) is 21.3. The summed E-state index contributed by atoms with van der Waals surface area (Å²) in [6.45, 7) is 2.67. The third-order valence-electron chi connectivity index (χ3n) is 4.43. The summed E-state index contributed by atoms with van der Waals surface area (Å²) in [4.78, 5) is 12.8. The lowest BCUT2D eigenvalue weighted by Crippen LogP contribution is -2.14. The number of ether oxygens (including phenoxy) is 4. The van der Waals surface area contributed by atoms with Crippen LogP contribution in [0.15, 0.2) is 66.7 Å². The summed E-state index contributed by atoms with van der Waals surface area (Å²) in [5.74, 6) is 2.49. The molecule has 6 heteroatoms. The zero-order valence-corrected chi connectivity index (χ0v) is 17.3. The highest BCUT2D eigenvalue weighted by Crippen LogP contribution is 2.26. The Hall–Kier alpha value is -3.67. The van der Waals surface area contributed by atoms with E-state index in [4.69, 9.17) is 18.9 Å². The molecule has 1 amide bonds. The maximum absolute atomic E-state index is 12.8. The highest BCUT2D eigenvalue weighted by Gasteiger charge is 2.13. The van der Waals surface area contributed by atoms with Crippen LogP contribution in [0.2, 0.25) is 0 Å². The van der Waals surface area contributed by atoms with Crippen LogP contribution in [0.1, 0.15) is 22.8 Å². The van der Waals surface area contributed by atoms with Crippen molar-refractivity contribution >= 4 is 11.6 Å². The van der Waals surface area contributed by atoms with E-state index in [1.165, 1.54) is 0 Å². The summed E-state index contributed by atoms with van der Waals surface area (Å²) in [6.07, 6.45) is 0. The predicted molar refractivity (Wildman–Crippen MR) is 116 cm³/mol. The predicted octanol–water partition coefficient (Wildman–Crippen LogP) is 4.93. The summed E-state index contributed by atoms with van der Waals surface area (Å²) in [6, 6.07) is 19.9. The number of anilines is 1. The molecule has 0 saturated heterocycles. The van der Waals surface area contributed by atoms with E-state index in [0.717, 1.165) is 11.3 Å². The molecule has 0 radical (unpaired) electrons. The Labute approximate surface area is 176 Å². The number of methoxy groups -OCH3 is 2. The van der Waals surface area contributed by atoms with Gasteiger partial charge in [0.1, 0.15) is 29.6 Å². The zero-order valence-electron chi connectivity index (χ0n) is 17.3. The molecule has 3 aromatic carbocycles. The van der Waals surface area contributed by atoms with Crippen LogP contribution in [-0.4, -0.2) is 26.7 Å². The lowest BCUT2D eigenvalue weighted by molar-refractivity contribution is 0.102. The van der Waals surface area contributed by atoms with Gasteiger partial charge in [0, 0.05) is 11.1 Å². The second kappa shape index (κ2) is 10.2. The number of amides is 1. The van der Waals surface area contributed by atoms with Gasteiger partial charge in [0.2, 0.25) is 0 Å². The number of carbonyl (C=O) groups excluding carboxylic acids is 1. The standard InChI is InChI=1S/C24H25NO5/c1-4-29-23-8-6-5-7-21(23)25-24(26)17-9-14-22(28-3)18(15-17)16-30-20-12-10-19(27-2)11-13-20/h5-15H,4,16H2,1-3H3,(H,25,26). The van der Waals surface area contributed by atoms with Gasteiger partial charge in [0.05, 0.1) is 26.5 Å². The molecule has 156 valence electrons.